The fourth-order valence-electron chi connectivity index (χ4n) is 3.01. The molecule has 1 fully saturated rings. The standard InChI is InChI=1S/C18H20F3N5O2/c1-2-5-24-6-3-4-13(16(24)28)11-25-7-8-26(12-15(25)27)17-22-9-14(10-23-17)18(19,20)21/h3-4,6,9-10H,2,5,7-8,11-12H2,1H3. The second-order valence-corrected chi connectivity index (χ2v) is 6.54. The summed E-state index contributed by atoms with van der Waals surface area (Å²) in [4.78, 5) is 35.5. The Kier molecular flexibility index (Phi) is 5.66. The lowest BCUT2D eigenvalue weighted by molar-refractivity contribution is -0.138. The predicted octanol–water partition coefficient (Wildman–Crippen LogP) is 1.92. The first kappa shape index (κ1) is 19.8. The minimum Gasteiger partial charge on any atom is -0.335 e. The first-order valence-corrected chi connectivity index (χ1v) is 8.90. The molecule has 28 heavy (non-hydrogen) atoms. The summed E-state index contributed by atoms with van der Waals surface area (Å²) in [6.45, 7) is 3.43. The van der Waals surface area contributed by atoms with Gasteiger partial charge in [-0.1, -0.05) is 13.0 Å². The summed E-state index contributed by atoms with van der Waals surface area (Å²) < 4.78 is 39.4. The van der Waals surface area contributed by atoms with Crippen LogP contribution in [0, 0.1) is 0 Å². The van der Waals surface area contributed by atoms with Gasteiger partial charge in [-0.15, -0.1) is 0 Å². The van der Waals surface area contributed by atoms with Crippen LogP contribution in [-0.4, -0.2) is 45.0 Å². The van der Waals surface area contributed by atoms with E-state index < -0.39 is 11.7 Å². The van der Waals surface area contributed by atoms with Gasteiger partial charge >= 0.3 is 6.18 Å². The lowest BCUT2D eigenvalue weighted by atomic mass is 10.2. The van der Waals surface area contributed by atoms with Gasteiger partial charge in [0.15, 0.2) is 0 Å². The average Bonchev–Trinajstić information content (AvgIpc) is 2.66. The molecule has 0 N–H and O–H groups in total. The van der Waals surface area contributed by atoms with Crippen molar-refractivity contribution < 1.29 is 18.0 Å². The number of hydrogen-bond acceptors (Lipinski definition) is 5. The summed E-state index contributed by atoms with van der Waals surface area (Å²) in [5, 5.41) is 0. The smallest absolute Gasteiger partial charge is 0.335 e. The summed E-state index contributed by atoms with van der Waals surface area (Å²) in [6, 6.07) is 3.48. The molecule has 0 bridgehead atoms. The van der Waals surface area contributed by atoms with Gasteiger partial charge in [0.05, 0.1) is 12.1 Å². The van der Waals surface area contributed by atoms with Gasteiger partial charge in [-0.3, -0.25) is 9.59 Å². The molecule has 0 spiro atoms. The highest BCUT2D eigenvalue weighted by atomic mass is 19.4. The fourth-order valence-corrected chi connectivity index (χ4v) is 3.01. The van der Waals surface area contributed by atoms with Crippen molar-refractivity contribution in [2.45, 2.75) is 32.6 Å². The number of nitrogens with zero attached hydrogens (tertiary/aromatic N) is 5. The molecule has 3 heterocycles. The highest BCUT2D eigenvalue weighted by molar-refractivity contribution is 5.82. The second kappa shape index (κ2) is 7.99. The highest BCUT2D eigenvalue weighted by Crippen LogP contribution is 2.28. The van der Waals surface area contributed by atoms with Gasteiger partial charge in [0.2, 0.25) is 11.9 Å². The first-order valence-electron chi connectivity index (χ1n) is 8.90. The molecule has 1 amide bonds. The molecule has 7 nitrogen and oxygen atoms in total. The predicted molar refractivity (Wildman–Crippen MR) is 95.7 cm³/mol. The van der Waals surface area contributed by atoms with E-state index in [4.69, 9.17) is 0 Å². The maximum absolute atomic E-state index is 12.6. The maximum atomic E-state index is 12.6. The number of rotatable bonds is 5. The van der Waals surface area contributed by atoms with Crippen molar-refractivity contribution in [1.82, 2.24) is 19.4 Å². The van der Waals surface area contributed by atoms with E-state index >= 15 is 0 Å². The Morgan fingerprint density at radius 2 is 1.86 bits per heavy atom. The van der Waals surface area contributed by atoms with Crippen LogP contribution >= 0.6 is 0 Å². The van der Waals surface area contributed by atoms with E-state index in [1.54, 1.807) is 27.8 Å². The molecule has 0 radical (unpaired) electrons. The minimum absolute atomic E-state index is 0.0542. The molecule has 0 unspecified atom stereocenters. The van der Waals surface area contributed by atoms with E-state index in [1.807, 2.05) is 6.92 Å². The maximum Gasteiger partial charge on any atom is 0.419 e. The Labute approximate surface area is 159 Å². The van der Waals surface area contributed by atoms with E-state index in [2.05, 4.69) is 9.97 Å². The zero-order valence-electron chi connectivity index (χ0n) is 15.3. The fraction of sp³-hybridized carbons (Fsp3) is 0.444. The number of pyridine rings is 1. The van der Waals surface area contributed by atoms with Gasteiger partial charge in [0.1, 0.15) is 6.54 Å². The summed E-state index contributed by atoms with van der Waals surface area (Å²) >= 11 is 0. The van der Waals surface area contributed by atoms with Gasteiger partial charge in [0, 0.05) is 43.8 Å². The van der Waals surface area contributed by atoms with E-state index in [9.17, 15) is 22.8 Å². The van der Waals surface area contributed by atoms with Crippen LogP contribution in [0.2, 0.25) is 0 Å². The number of anilines is 1. The number of aryl methyl sites for hydroxylation is 1. The lowest BCUT2D eigenvalue weighted by Crippen LogP contribution is -2.51. The number of amides is 1. The van der Waals surface area contributed by atoms with Crippen molar-refractivity contribution in [3.05, 3.63) is 52.2 Å². The van der Waals surface area contributed by atoms with Gasteiger partial charge in [0.25, 0.3) is 5.56 Å². The number of alkyl halides is 3. The molecule has 10 heteroatoms. The molecule has 0 saturated carbocycles. The summed E-state index contributed by atoms with van der Waals surface area (Å²) in [5.74, 6) is -0.161. The Hall–Kier alpha value is -2.91. The van der Waals surface area contributed by atoms with Crippen LogP contribution in [-0.2, 0) is 24.1 Å². The molecule has 0 aromatic carbocycles. The molecule has 2 aromatic heterocycles. The molecule has 0 atom stereocenters. The summed E-state index contributed by atoms with van der Waals surface area (Å²) in [7, 11) is 0. The van der Waals surface area contributed by atoms with Crippen LogP contribution in [0.5, 0.6) is 0 Å². The third-order valence-electron chi connectivity index (χ3n) is 4.49. The van der Waals surface area contributed by atoms with Gasteiger partial charge in [-0.05, 0) is 12.5 Å². The SMILES string of the molecule is CCCn1cccc(CN2CCN(c3ncc(C(F)(F)F)cn3)CC2=O)c1=O. The molecule has 1 aliphatic heterocycles. The van der Waals surface area contributed by atoms with E-state index in [0.29, 0.717) is 37.6 Å². The van der Waals surface area contributed by atoms with Crippen LogP contribution in [0.4, 0.5) is 19.1 Å². The van der Waals surface area contributed by atoms with Gasteiger partial charge in [-0.2, -0.15) is 13.2 Å². The molecular formula is C18H20F3N5O2. The summed E-state index contributed by atoms with van der Waals surface area (Å²) in [6.07, 6.45) is -0.544. The number of carbonyl (C=O) groups excluding carboxylic acids is 1. The summed E-state index contributed by atoms with van der Waals surface area (Å²) in [5.41, 5.74) is -0.525. The van der Waals surface area contributed by atoms with Crippen LogP contribution in [0.3, 0.4) is 0 Å². The number of aromatic nitrogens is 3. The Morgan fingerprint density at radius 3 is 2.46 bits per heavy atom. The Bertz CT molecular complexity index is 895. The Morgan fingerprint density at radius 1 is 1.14 bits per heavy atom. The van der Waals surface area contributed by atoms with Crippen molar-refractivity contribution >= 4 is 11.9 Å². The molecular weight excluding hydrogens is 375 g/mol. The quantitative estimate of drug-likeness (QED) is 0.774. The largest absolute Gasteiger partial charge is 0.419 e. The first-order chi connectivity index (χ1) is 13.3. The van der Waals surface area contributed by atoms with E-state index in [1.165, 1.54) is 4.90 Å². The lowest BCUT2D eigenvalue weighted by Gasteiger charge is -2.34. The average molecular weight is 395 g/mol. The van der Waals surface area contributed by atoms with Crippen LogP contribution in [0.1, 0.15) is 24.5 Å². The molecule has 150 valence electrons. The third-order valence-corrected chi connectivity index (χ3v) is 4.49. The van der Waals surface area contributed by atoms with Gasteiger partial charge < -0.3 is 14.4 Å². The van der Waals surface area contributed by atoms with E-state index in [-0.39, 0.29) is 30.5 Å². The van der Waals surface area contributed by atoms with Crippen molar-refractivity contribution in [2.24, 2.45) is 0 Å². The normalized spacial score (nSPS) is 15.2. The van der Waals surface area contributed by atoms with Crippen molar-refractivity contribution in [3.63, 3.8) is 0 Å². The molecule has 1 aliphatic rings. The van der Waals surface area contributed by atoms with Crippen molar-refractivity contribution in [3.8, 4) is 0 Å². The van der Waals surface area contributed by atoms with Crippen molar-refractivity contribution in [1.29, 1.82) is 0 Å². The number of halogens is 3. The van der Waals surface area contributed by atoms with Crippen LogP contribution in [0.15, 0.2) is 35.5 Å². The Balaban J connectivity index is 1.67. The molecule has 0 aliphatic carbocycles. The zero-order valence-corrected chi connectivity index (χ0v) is 15.3. The zero-order chi connectivity index (χ0) is 20.3. The molecule has 2 aromatic rings. The topological polar surface area (TPSA) is 71.3 Å². The van der Waals surface area contributed by atoms with E-state index in [0.717, 1.165) is 6.42 Å². The third kappa shape index (κ3) is 4.32. The second-order valence-electron chi connectivity index (χ2n) is 6.54. The van der Waals surface area contributed by atoms with Crippen LogP contribution < -0.4 is 10.5 Å². The van der Waals surface area contributed by atoms with Crippen LogP contribution in [0.25, 0.3) is 0 Å². The number of hydrogen-bond donors (Lipinski definition) is 0. The molecule has 1 saturated heterocycles. The highest BCUT2D eigenvalue weighted by Gasteiger charge is 2.32. The molecule has 3 rings (SSSR count). The number of piperazine rings is 1. The minimum atomic E-state index is -4.51. The monoisotopic (exact) mass is 395 g/mol. The number of carbonyl (C=O) groups is 1. The van der Waals surface area contributed by atoms with Gasteiger partial charge in [-0.25, -0.2) is 9.97 Å². The van der Waals surface area contributed by atoms with Crippen molar-refractivity contribution in [2.75, 3.05) is 24.5 Å².